The summed E-state index contributed by atoms with van der Waals surface area (Å²) in [6, 6.07) is 16.0. The highest BCUT2D eigenvalue weighted by molar-refractivity contribution is 5.96. The molecular weight excluding hydrogens is 450 g/mol. The van der Waals surface area contributed by atoms with Crippen molar-refractivity contribution >= 4 is 16.8 Å². The van der Waals surface area contributed by atoms with Crippen LogP contribution < -0.4 is 5.56 Å². The summed E-state index contributed by atoms with van der Waals surface area (Å²) < 4.78 is 28.0. The minimum Gasteiger partial charge on any atom is -0.345 e. The molecular formula is C27H20F2N4O2. The van der Waals surface area contributed by atoms with Crippen molar-refractivity contribution in [1.82, 2.24) is 19.5 Å². The van der Waals surface area contributed by atoms with Crippen molar-refractivity contribution in [2.24, 2.45) is 0 Å². The second kappa shape index (κ2) is 9.42. The number of aromatic amines is 1. The quantitative estimate of drug-likeness (QED) is 0.342. The molecule has 0 aliphatic carbocycles. The van der Waals surface area contributed by atoms with Crippen molar-refractivity contribution in [3.8, 4) is 11.3 Å². The maximum absolute atomic E-state index is 13.5. The summed E-state index contributed by atoms with van der Waals surface area (Å²) in [7, 11) is 0. The number of ketones is 1. The topological polar surface area (TPSA) is 80.6 Å². The van der Waals surface area contributed by atoms with Gasteiger partial charge < -0.3 is 9.55 Å². The van der Waals surface area contributed by atoms with Gasteiger partial charge in [-0.15, -0.1) is 0 Å². The van der Waals surface area contributed by atoms with Gasteiger partial charge in [0.1, 0.15) is 5.65 Å². The van der Waals surface area contributed by atoms with Crippen molar-refractivity contribution < 1.29 is 13.6 Å². The third-order valence-corrected chi connectivity index (χ3v) is 5.80. The molecule has 0 saturated carbocycles. The van der Waals surface area contributed by atoms with Crippen LogP contribution in [-0.4, -0.2) is 25.3 Å². The number of fused-ring (bicyclic) bond motifs is 1. The van der Waals surface area contributed by atoms with Gasteiger partial charge in [-0.1, -0.05) is 12.1 Å². The summed E-state index contributed by atoms with van der Waals surface area (Å²) >= 11 is 0. The van der Waals surface area contributed by atoms with E-state index in [4.69, 9.17) is 4.98 Å². The van der Waals surface area contributed by atoms with E-state index in [1.165, 1.54) is 22.9 Å². The normalized spacial score (nSPS) is 11.1. The number of hydrogen-bond acceptors (Lipinski definition) is 4. The molecule has 35 heavy (non-hydrogen) atoms. The summed E-state index contributed by atoms with van der Waals surface area (Å²) in [5, 5.41) is 0.957. The lowest BCUT2D eigenvalue weighted by molar-refractivity contribution is 0.0980. The van der Waals surface area contributed by atoms with E-state index in [1.54, 1.807) is 12.3 Å². The number of Topliss-reactive ketones (excluding diaryl/α,β-unsaturated/α-hetero) is 1. The maximum Gasteiger partial charge on any atom is 0.261 e. The van der Waals surface area contributed by atoms with Gasteiger partial charge in [0, 0.05) is 41.7 Å². The molecule has 8 heteroatoms. The van der Waals surface area contributed by atoms with Crippen LogP contribution in [0, 0.1) is 11.6 Å². The molecule has 1 aromatic carbocycles. The molecule has 0 radical (unpaired) electrons. The molecule has 0 bridgehead atoms. The summed E-state index contributed by atoms with van der Waals surface area (Å²) in [5.74, 6) is -2.25. The zero-order chi connectivity index (χ0) is 24.4. The van der Waals surface area contributed by atoms with E-state index < -0.39 is 17.2 Å². The number of halogens is 2. The number of nitrogens with zero attached hydrogens (tertiary/aromatic N) is 3. The molecule has 0 saturated heterocycles. The Morgan fingerprint density at radius 2 is 1.89 bits per heavy atom. The minimum atomic E-state index is -0.985. The van der Waals surface area contributed by atoms with Gasteiger partial charge in [0.2, 0.25) is 0 Å². The van der Waals surface area contributed by atoms with Crippen LogP contribution >= 0.6 is 0 Å². The second-order valence-corrected chi connectivity index (χ2v) is 8.14. The van der Waals surface area contributed by atoms with Gasteiger partial charge in [0.25, 0.3) is 5.56 Å². The number of carbonyl (C=O) groups is 1. The summed E-state index contributed by atoms with van der Waals surface area (Å²) in [6.07, 6.45) is 5.56. The van der Waals surface area contributed by atoms with Crippen molar-refractivity contribution in [2.75, 3.05) is 0 Å². The lowest BCUT2D eigenvalue weighted by Crippen LogP contribution is -2.26. The molecule has 0 atom stereocenters. The van der Waals surface area contributed by atoms with Crippen molar-refractivity contribution in [2.45, 2.75) is 19.4 Å². The molecule has 0 aliphatic rings. The highest BCUT2D eigenvalue weighted by Gasteiger charge is 2.14. The number of carbonyl (C=O) groups excluding carboxylic acids is 1. The smallest absolute Gasteiger partial charge is 0.261 e. The Labute approximate surface area is 198 Å². The standard InChI is InChI=1S/C27H20F2N4O2/c28-22-10-8-17(14-23(22)29)16-33-13-3-6-20(27(33)35)25(34)11-9-18-4-1-7-24(32-18)21-15-31-26-19(21)5-2-12-30-26/h1-8,10,12-15H,9,11,16H2,(H,30,31). The molecule has 0 unspecified atom stereocenters. The molecule has 174 valence electrons. The van der Waals surface area contributed by atoms with Crippen molar-refractivity contribution in [3.05, 3.63) is 118 Å². The van der Waals surface area contributed by atoms with Gasteiger partial charge in [-0.05, 0) is 60.5 Å². The van der Waals surface area contributed by atoms with Crippen LogP contribution in [0.5, 0.6) is 0 Å². The fourth-order valence-corrected chi connectivity index (χ4v) is 4.02. The van der Waals surface area contributed by atoms with Gasteiger partial charge in [0.15, 0.2) is 17.4 Å². The largest absolute Gasteiger partial charge is 0.345 e. The van der Waals surface area contributed by atoms with Gasteiger partial charge in [-0.2, -0.15) is 0 Å². The monoisotopic (exact) mass is 470 g/mol. The van der Waals surface area contributed by atoms with E-state index in [0.717, 1.165) is 40.1 Å². The Kier molecular flexibility index (Phi) is 6.01. The Morgan fingerprint density at radius 1 is 1.00 bits per heavy atom. The third-order valence-electron chi connectivity index (χ3n) is 5.80. The van der Waals surface area contributed by atoms with Crippen LogP contribution in [0.1, 0.15) is 28.0 Å². The van der Waals surface area contributed by atoms with E-state index in [9.17, 15) is 18.4 Å². The molecule has 0 aliphatic heterocycles. The molecule has 5 aromatic rings. The number of benzene rings is 1. The van der Waals surface area contributed by atoms with Crippen LogP contribution in [0.25, 0.3) is 22.3 Å². The number of rotatable bonds is 7. The van der Waals surface area contributed by atoms with Gasteiger partial charge in [0.05, 0.1) is 17.8 Å². The molecule has 1 N–H and O–H groups in total. The van der Waals surface area contributed by atoms with E-state index in [2.05, 4.69) is 9.97 Å². The fraction of sp³-hybridized carbons (Fsp3) is 0.111. The van der Waals surface area contributed by atoms with E-state index in [-0.39, 0.29) is 24.3 Å². The van der Waals surface area contributed by atoms with Gasteiger partial charge in [-0.25, -0.2) is 13.8 Å². The minimum absolute atomic E-state index is 0.0280. The van der Waals surface area contributed by atoms with Crippen molar-refractivity contribution in [3.63, 3.8) is 0 Å². The first-order valence-electron chi connectivity index (χ1n) is 11.0. The molecule has 5 rings (SSSR count). The SMILES string of the molecule is O=C(CCc1cccc(-c2c[nH]c3ncccc23)n1)c1cccn(Cc2ccc(F)c(F)c2)c1=O. The highest BCUT2D eigenvalue weighted by Crippen LogP contribution is 2.26. The number of aromatic nitrogens is 4. The van der Waals surface area contributed by atoms with Crippen LogP contribution in [0.3, 0.4) is 0 Å². The summed E-state index contributed by atoms with van der Waals surface area (Å²) in [5.41, 5.74) is 3.18. The van der Waals surface area contributed by atoms with E-state index >= 15 is 0 Å². The number of pyridine rings is 3. The molecule has 6 nitrogen and oxygen atoms in total. The summed E-state index contributed by atoms with van der Waals surface area (Å²) in [4.78, 5) is 37.8. The first-order chi connectivity index (χ1) is 17.0. The number of aryl methyl sites for hydroxylation is 1. The molecule has 0 amide bonds. The first-order valence-corrected chi connectivity index (χ1v) is 11.0. The molecule has 4 aromatic heterocycles. The Morgan fingerprint density at radius 3 is 2.74 bits per heavy atom. The molecule has 0 spiro atoms. The average molecular weight is 470 g/mol. The Bertz CT molecular complexity index is 1610. The molecule has 4 heterocycles. The Hall–Kier alpha value is -4.46. The first kappa shape index (κ1) is 22.3. The van der Waals surface area contributed by atoms with E-state index in [0.29, 0.717) is 12.0 Å². The van der Waals surface area contributed by atoms with Crippen LogP contribution in [-0.2, 0) is 13.0 Å². The predicted octanol–water partition coefficient (Wildman–Crippen LogP) is 4.93. The second-order valence-electron chi connectivity index (χ2n) is 8.14. The van der Waals surface area contributed by atoms with Crippen LogP contribution in [0.15, 0.2) is 84.0 Å². The van der Waals surface area contributed by atoms with Gasteiger partial charge in [-0.3, -0.25) is 14.6 Å². The zero-order valence-electron chi connectivity index (χ0n) is 18.5. The number of hydrogen-bond donors (Lipinski definition) is 1. The number of nitrogens with one attached hydrogen (secondary N) is 1. The zero-order valence-corrected chi connectivity index (χ0v) is 18.5. The highest BCUT2D eigenvalue weighted by atomic mass is 19.2. The third kappa shape index (κ3) is 4.63. The fourth-order valence-electron chi connectivity index (χ4n) is 4.02. The lowest BCUT2D eigenvalue weighted by atomic mass is 10.1. The van der Waals surface area contributed by atoms with E-state index in [1.807, 2.05) is 36.5 Å². The van der Waals surface area contributed by atoms with Gasteiger partial charge >= 0.3 is 0 Å². The van der Waals surface area contributed by atoms with Crippen molar-refractivity contribution in [1.29, 1.82) is 0 Å². The van der Waals surface area contributed by atoms with Crippen LogP contribution in [0.2, 0.25) is 0 Å². The molecule has 0 fully saturated rings. The Balaban J connectivity index is 1.32. The number of H-pyrrole nitrogens is 1. The average Bonchev–Trinajstić information content (AvgIpc) is 3.30. The maximum atomic E-state index is 13.5. The lowest BCUT2D eigenvalue weighted by Gasteiger charge is -2.09. The summed E-state index contributed by atoms with van der Waals surface area (Å²) in [6.45, 7) is 0.0280. The predicted molar refractivity (Wildman–Crippen MR) is 128 cm³/mol. The van der Waals surface area contributed by atoms with Crippen LogP contribution in [0.4, 0.5) is 8.78 Å².